The molecular formula is C41H49F2N5O6. The third-order valence-electron chi connectivity index (χ3n) is 13.2. The Morgan fingerprint density at radius 1 is 0.981 bits per heavy atom. The van der Waals surface area contributed by atoms with Crippen molar-refractivity contribution in [3.8, 4) is 28.9 Å². The minimum Gasteiger partial charge on any atom is -0.508 e. The summed E-state index contributed by atoms with van der Waals surface area (Å²) in [5.74, 6) is -1.30. The number of piperidine rings is 1. The Morgan fingerprint density at radius 2 is 1.78 bits per heavy atom. The Morgan fingerprint density at radius 3 is 2.57 bits per heavy atom. The fraction of sp³-hybridized carbons (Fsp3) is 0.585. The van der Waals surface area contributed by atoms with Crippen molar-refractivity contribution in [2.24, 2.45) is 5.41 Å². The van der Waals surface area contributed by atoms with Crippen molar-refractivity contribution < 1.29 is 37.9 Å². The lowest BCUT2D eigenvalue weighted by atomic mass is 9.66. The summed E-state index contributed by atoms with van der Waals surface area (Å²) in [5.41, 5.74) is -1.77. The first-order chi connectivity index (χ1) is 26.0. The number of rotatable bonds is 7. The van der Waals surface area contributed by atoms with Gasteiger partial charge in [0.15, 0.2) is 5.82 Å². The SMILES string of the molecule is COc1nc(-c2cc(O)cc3cccc(F)c23)c(F)c2nc(OCC34CCCN(C5CC6CCC(C5)O6)C3(C)CCC4)nc(N3CCOC[C@@](C)(O)C3)c12. The van der Waals surface area contributed by atoms with Crippen LogP contribution in [0.25, 0.3) is 32.9 Å². The van der Waals surface area contributed by atoms with Crippen LogP contribution in [0.15, 0.2) is 30.3 Å². The number of methoxy groups -OCH3 is 1. The zero-order valence-electron chi connectivity index (χ0n) is 31.2. The summed E-state index contributed by atoms with van der Waals surface area (Å²) in [6.45, 7) is 6.41. The molecule has 4 unspecified atom stereocenters. The minimum atomic E-state index is -1.23. The third kappa shape index (κ3) is 5.93. The molecule has 2 bridgehead atoms. The summed E-state index contributed by atoms with van der Waals surface area (Å²) in [6, 6.07) is 7.65. The number of phenolic OH excluding ortho intramolecular Hbond substituents is 1. The molecule has 2 N–H and O–H groups in total. The van der Waals surface area contributed by atoms with Gasteiger partial charge in [0, 0.05) is 34.5 Å². The molecule has 2 aromatic heterocycles. The van der Waals surface area contributed by atoms with Crippen LogP contribution >= 0.6 is 0 Å². The second kappa shape index (κ2) is 13.4. The molecule has 54 heavy (non-hydrogen) atoms. The van der Waals surface area contributed by atoms with E-state index in [1.165, 1.54) is 31.4 Å². The van der Waals surface area contributed by atoms with Crippen LogP contribution in [0.1, 0.15) is 71.6 Å². The monoisotopic (exact) mass is 745 g/mol. The number of ether oxygens (including phenoxy) is 4. The van der Waals surface area contributed by atoms with Gasteiger partial charge in [0.25, 0.3) is 0 Å². The van der Waals surface area contributed by atoms with Gasteiger partial charge < -0.3 is 34.1 Å². The van der Waals surface area contributed by atoms with Gasteiger partial charge in [-0.15, -0.1) is 0 Å². The second-order valence-corrected chi connectivity index (χ2v) is 16.7. The van der Waals surface area contributed by atoms with Crippen molar-refractivity contribution in [2.75, 3.05) is 51.5 Å². The van der Waals surface area contributed by atoms with Gasteiger partial charge in [-0.05, 0) is 95.3 Å². The number of benzene rings is 2. The van der Waals surface area contributed by atoms with Gasteiger partial charge in [0.1, 0.15) is 39.6 Å². The van der Waals surface area contributed by atoms with Gasteiger partial charge in [0.05, 0.1) is 45.7 Å². The number of likely N-dealkylation sites (tertiary alicyclic amines) is 1. The van der Waals surface area contributed by atoms with Gasteiger partial charge in [-0.3, -0.25) is 4.90 Å². The highest BCUT2D eigenvalue weighted by Gasteiger charge is 2.59. The molecule has 9 rings (SSSR count). The average molecular weight is 746 g/mol. The summed E-state index contributed by atoms with van der Waals surface area (Å²) in [6.07, 6.45) is 10.4. The van der Waals surface area contributed by atoms with Gasteiger partial charge >= 0.3 is 6.01 Å². The quantitative estimate of drug-likeness (QED) is 0.215. The Bertz CT molecular complexity index is 2090. The number of β-amino-alcohol motifs (C(OH)–C–C–N with tert-alkyl or cyclic N) is 1. The third-order valence-corrected chi connectivity index (χ3v) is 13.2. The molecule has 288 valence electrons. The Balaban J connectivity index is 1.15. The maximum atomic E-state index is 17.2. The van der Waals surface area contributed by atoms with Crippen LogP contribution in [0.5, 0.6) is 17.6 Å². The number of hydrogen-bond acceptors (Lipinski definition) is 11. The summed E-state index contributed by atoms with van der Waals surface area (Å²) in [7, 11) is 1.42. The molecule has 1 saturated carbocycles. The Hall–Kier alpha value is -3.91. The van der Waals surface area contributed by atoms with E-state index in [1.54, 1.807) is 13.0 Å². The summed E-state index contributed by atoms with van der Waals surface area (Å²) < 4.78 is 57.1. The van der Waals surface area contributed by atoms with Crippen LogP contribution in [-0.2, 0) is 9.47 Å². The number of anilines is 1. The molecule has 1 aliphatic carbocycles. The number of halogens is 2. The number of fused-ring (bicyclic) bond motifs is 5. The molecule has 5 atom stereocenters. The molecule has 5 aliphatic rings. The van der Waals surface area contributed by atoms with Crippen molar-refractivity contribution in [1.82, 2.24) is 19.9 Å². The molecule has 2 aromatic carbocycles. The van der Waals surface area contributed by atoms with E-state index in [9.17, 15) is 10.2 Å². The van der Waals surface area contributed by atoms with Gasteiger partial charge in [0.2, 0.25) is 5.88 Å². The van der Waals surface area contributed by atoms with Gasteiger partial charge in [-0.2, -0.15) is 9.97 Å². The van der Waals surface area contributed by atoms with Crippen molar-refractivity contribution >= 4 is 27.5 Å². The largest absolute Gasteiger partial charge is 0.508 e. The minimum absolute atomic E-state index is 0.00258. The molecule has 0 radical (unpaired) electrons. The number of pyridine rings is 1. The Labute approximate surface area is 313 Å². The fourth-order valence-electron chi connectivity index (χ4n) is 10.6. The van der Waals surface area contributed by atoms with Crippen LogP contribution in [0, 0.1) is 17.0 Å². The van der Waals surface area contributed by atoms with E-state index in [0.717, 1.165) is 64.3 Å². The lowest BCUT2D eigenvalue weighted by molar-refractivity contribution is -0.120. The van der Waals surface area contributed by atoms with E-state index < -0.39 is 17.2 Å². The fourth-order valence-corrected chi connectivity index (χ4v) is 10.6. The van der Waals surface area contributed by atoms with E-state index in [1.807, 2.05) is 4.90 Å². The average Bonchev–Trinajstić information content (AvgIpc) is 3.61. The molecule has 13 heteroatoms. The van der Waals surface area contributed by atoms with Crippen LogP contribution < -0.4 is 14.4 Å². The van der Waals surface area contributed by atoms with Crippen molar-refractivity contribution in [1.29, 1.82) is 0 Å². The van der Waals surface area contributed by atoms with Gasteiger partial charge in [-0.1, -0.05) is 18.6 Å². The number of nitrogens with zero attached hydrogens (tertiary/aromatic N) is 5. The van der Waals surface area contributed by atoms with E-state index in [-0.39, 0.29) is 75.1 Å². The maximum absolute atomic E-state index is 17.2. The number of aromatic hydroxyl groups is 1. The molecule has 4 aliphatic heterocycles. The molecule has 5 fully saturated rings. The molecule has 6 heterocycles. The van der Waals surface area contributed by atoms with E-state index in [4.69, 9.17) is 28.9 Å². The maximum Gasteiger partial charge on any atom is 0.319 e. The van der Waals surface area contributed by atoms with Crippen LogP contribution in [-0.4, -0.2) is 106 Å². The first kappa shape index (κ1) is 35.8. The summed E-state index contributed by atoms with van der Waals surface area (Å²) in [4.78, 5) is 18.8. The smallest absolute Gasteiger partial charge is 0.319 e. The van der Waals surface area contributed by atoms with E-state index in [0.29, 0.717) is 43.4 Å². The number of phenols is 1. The van der Waals surface area contributed by atoms with Crippen LogP contribution in [0.2, 0.25) is 0 Å². The predicted molar refractivity (Wildman–Crippen MR) is 199 cm³/mol. The predicted octanol–water partition coefficient (Wildman–Crippen LogP) is 6.54. The van der Waals surface area contributed by atoms with Crippen molar-refractivity contribution in [3.63, 3.8) is 0 Å². The number of aromatic nitrogens is 3. The van der Waals surface area contributed by atoms with Crippen molar-refractivity contribution in [2.45, 2.75) is 101 Å². The number of aliphatic hydroxyl groups is 1. The summed E-state index contributed by atoms with van der Waals surface area (Å²) in [5, 5.41) is 22.5. The Kier molecular flexibility index (Phi) is 8.87. The zero-order valence-corrected chi connectivity index (χ0v) is 31.2. The topological polar surface area (TPSA) is 123 Å². The molecule has 4 saturated heterocycles. The first-order valence-electron chi connectivity index (χ1n) is 19.4. The highest BCUT2D eigenvalue weighted by Crippen LogP contribution is 2.57. The van der Waals surface area contributed by atoms with Crippen molar-refractivity contribution in [3.05, 3.63) is 42.0 Å². The standard InChI is InChI=1S/C41H49F2N5O6/c1-39(50)21-47(15-16-52-22-39)36-32-35(33(43)34(44-37(32)51-3)29-20-26(49)17-24-7-4-8-30(42)31(24)29)45-38(46-36)53-23-41-12-5-11-40(41,2)48(14-6-13-41)25-18-27-9-10-28(19-25)54-27/h4,7-8,17,20,25,27-28,49-50H,5-6,9-16,18-19,21-23H2,1-3H3/t25?,27?,28?,39-,40?,41?/m0/s1. The molecular weight excluding hydrogens is 696 g/mol. The molecule has 4 aromatic rings. The molecule has 11 nitrogen and oxygen atoms in total. The highest BCUT2D eigenvalue weighted by atomic mass is 19.1. The normalized spacial score (nSPS) is 31.5. The molecule has 0 spiro atoms. The summed E-state index contributed by atoms with van der Waals surface area (Å²) >= 11 is 0. The first-order valence-corrected chi connectivity index (χ1v) is 19.4. The highest BCUT2D eigenvalue weighted by molar-refractivity contribution is 6.02. The van der Waals surface area contributed by atoms with Crippen LogP contribution in [0.4, 0.5) is 14.6 Å². The van der Waals surface area contributed by atoms with Crippen LogP contribution in [0.3, 0.4) is 0 Å². The lowest BCUT2D eigenvalue weighted by Gasteiger charge is -2.57. The molecule has 0 amide bonds. The lowest BCUT2D eigenvalue weighted by Crippen LogP contribution is -2.64. The number of hydrogen-bond donors (Lipinski definition) is 2. The zero-order chi connectivity index (χ0) is 37.4. The second-order valence-electron chi connectivity index (χ2n) is 16.7. The van der Waals surface area contributed by atoms with E-state index >= 15 is 8.78 Å². The van der Waals surface area contributed by atoms with Gasteiger partial charge in [-0.25, -0.2) is 13.8 Å². The van der Waals surface area contributed by atoms with E-state index in [2.05, 4.69) is 16.8 Å².